The number of aryl methyl sites for hydroxylation is 1. The largest absolute Gasteiger partial charge is 0.481 e. The second-order valence-electron chi connectivity index (χ2n) is 5.83. The molecule has 1 heterocycles. The molecule has 1 N–H and O–H groups in total. The molecule has 0 atom stereocenters. The molecule has 0 aliphatic rings. The Hall–Kier alpha value is -1.98. The van der Waals surface area contributed by atoms with Gasteiger partial charge in [-0.25, -0.2) is 0 Å². The first-order valence-corrected chi connectivity index (χ1v) is 6.41. The molecule has 0 amide bonds. The van der Waals surface area contributed by atoms with Gasteiger partial charge in [-0.15, -0.1) is 0 Å². The highest BCUT2D eigenvalue weighted by molar-refractivity contribution is 5.82. The lowest BCUT2D eigenvalue weighted by Gasteiger charge is -2.19. The minimum absolute atomic E-state index is 0.245. The van der Waals surface area contributed by atoms with Crippen molar-refractivity contribution in [3.8, 4) is 0 Å². The third-order valence-corrected chi connectivity index (χ3v) is 3.67. The fraction of sp³-hybridized carbons (Fsp3) is 0.400. The van der Waals surface area contributed by atoms with Crippen LogP contribution in [0.25, 0.3) is 10.9 Å². The third-order valence-electron chi connectivity index (χ3n) is 3.67. The Balaban J connectivity index is 2.48. The van der Waals surface area contributed by atoms with E-state index in [4.69, 9.17) is 5.11 Å². The average Bonchev–Trinajstić information content (AvgIpc) is 2.64. The quantitative estimate of drug-likeness (QED) is 0.935. The van der Waals surface area contributed by atoms with Crippen LogP contribution < -0.4 is 0 Å². The molecule has 0 saturated heterocycles. The van der Waals surface area contributed by atoms with Crippen molar-refractivity contribution in [2.75, 3.05) is 0 Å². The molecular formula is C15H16F3NO2. The van der Waals surface area contributed by atoms with E-state index in [1.54, 1.807) is 31.5 Å². The smallest absolute Gasteiger partial charge is 0.416 e. The summed E-state index contributed by atoms with van der Waals surface area (Å²) in [6.45, 7) is 3.18. The van der Waals surface area contributed by atoms with E-state index in [0.717, 1.165) is 12.1 Å². The fourth-order valence-electron chi connectivity index (χ4n) is 2.28. The Bertz CT molecular complexity index is 699. The zero-order chi connectivity index (χ0) is 16.0. The Morgan fingerprint density at radius 1 is 1.24 bits per heavy atom. The summed E-state index contributed by atoms with van der Waals surface area (Å²) in [6.07, 6.45) is -4.14. The van der Waals surface area contributed by atoms with E-state index >= 15 is 0 Å². The number of benzene rings is 1. The molecule has 6 heteroatoms. The summed E-state index contributed by atoms with van der Waals surface area (Å²) in [5.41, 5.74) is -0.338. The Kier molecular flexibility index (Phi) is 3.51. The van der Waals surface area contributed by atoms with Gasteiger partial charge in [0.2, 0.25) is 0 Å². The van der Waals surface area contributed by atoms with E-state index in [2.05, 4.69) is 0 Å². The van der Waals surface area contributed by atoms with Crippen LogP contribution in [0.3, 0.4) is 0 Å². The van der Waals surface area contributed by atoms with E-state index < -0.39 is 23.1 Å². The zero-order valence-electron chi connectivity index (χ0n) is 12.0. The number of hydrogen-bond acceptors (Lipinski definition) is 1. The number of hydrogen-bond donors (Lipinski definition) is 1. The van der Waals surface area contributed by atoms with Crippen LogP contribution in [0.2, 0.25) is 0 Å². The maximum absolute atomic E-state index is 12.7. The number of halogens is 3. The molecule has 21 heavy (non-hydrogen) atoms. The van der Waals surface area contributed by atoms with Gasteiger partial charge < -0.3 is 9.67 Å². The van der Waals surface area contributed by atoms with Crippen LogP contribution in [-0.4, -0.2) is 15.6 Å². The van der Waals surface area contributed by atoms with Gasteiger partial charge in [0.1, 0.15) is 0 Å². The lowest BCUT2D eigenvalue weighted by Crippen LogP contribution is -2.27. The molecule has 0 spiro atoms. The van der Waals surface area contributed by atoms with Crippen LogP contribution in [0.1, 0.15) is 25.1 Å². The van der Waals surface area contributed by atoms with Gasteiger partial charge in [-0.2, -0.15) is 13.2 Å². The lowest BCUT2D eigenvalue weighted by molar-refractivity contribution is -0.146. The molecule has 0 aliphatic heterocycles. The summed E-state index contributed by atoms with van der Waals surface area (Å²) < 4.78 is 39.9. The van der Waals surface area contributed by atoms with Crippen molar-refractivity contribution < 1.29 is 23.1 Å². The van der Waals surface area contributed by atoms with Crippen LogP contribution in [0.15, 0.2) is 24.3 Å². The second-order valence-corrected chi connectivity index (χ2v) is 5.83. The number of rotatable bonds is 3. The topological polar surface area (TPSA) is 42.2 Å². The summed E-state index contributed by atoms with van der Waals surface area (Å²) in [4.78, 5) is 11.2. The highest BCUT2D eigenvalue weighted by Gasteiger charge is 2.31. The normalized spacial score (nSPS) is 12.9. The van der Waals surface area contributed by atoms with Crippen molar-refractivity contribution in [2.24, 2.45) is 12.5 Å². The number of nitrogens with zero attached hydrogens (tertiary/aromatic N) is 1. The van der Waals surface area contributed by atoms with Crippen molar-refractivity contribution in [1.82, 2.24) is 4.57 Å². The number of carboxylic acid groups (broad SMARTS) is 1. The van der Waals surface area contributed by atoms with E-state index in [-0.39, 0.29) is 6.42 Å². The Morgan fingerprint density at radius 2 is 1.86 bits per heavy atom. The van der Waals surface area contributed by atoms with Crippen molar-refractivity contribution >= 4 is 16.9 Å². The summed E-state index contributed by atoms with van der Waals surface area (Å²) in [7, 11) is 1.73. The highest BCUT2D eigenvalue weighted by Crippen LogP contribution is 2.33. The highest BCUT2D eigenvalue weighted by atomic mass is 19.4. The average molecular weight is 299 g/mol. The molecule has 2 aromatic rings. The van der Waals surface area contributed by atoms with E-state index in [0.29, 0.717) is 16.6 Å². The first-order chi connectivity index (χ1) is 9.52. The predicted octanol–water partition coefficient (Wildman–Crippen LogP) is 3.85. The number of carboxylic acids is 1. The number of alkyl halides is 3. The second kappa shape index (κ2) is 4.79. The summed E-state index contributed by atoms with van der Waals surface area (Å²) in [5.74, 6) is -0.941. The SMILES string of the molecule is Cn1c(CC(C)(C)C(=O)O)cc2cc(C(F)(F)F)ccc21. The number of fused-ring (bicyclic) bond motifs is 1. The molecule has 3 nitrogen and oxygen atoms in total. The van der Waals surface area contributed by atoms with Crippen LogP contribution in [0, 0.1) is 5.41 Å². The summed E-state index contributed by atoms with van der Waals surface area (Å²) in [5, 5.41) is 9.62. The molecule has 0 aliphatic carbocycles. The minimum atomic E-state index is -4.38. The molecule has 1 aromatic heterocycles. The maximum atomic E-state index is 12.7. The molecule has 0 fully saturated rings. The summed E-state index contributed by atoms with van der Waals surface area (Å²) in [6, 6.07) is 5.16. The van der Waals surface area contributed by atoms with E-state index in [1.165, 1.54) is 6.07 Å². The predicted molar refractivity (Wildman–Crippen MR) is 73.0 cm³/mol. The van der Waals surface area contributed by atoms with Gasteiger partial charge in [0, 0.05) is 30.1 Å². The molecule has 2 rings (SSSR count). The van der Waals surface area contributed by atoms with Crippen LogP contribution in [0.5, 0.6) is 0 Å². The van der Waals surface area contributed by atoms with Gasteiger partial charge in [0.15, 0.2) is 0 Å². The Morgan fingerprint density at radius 3 is 2.38 bits per heavy atom. The monoisotopic (exact) mass is 299 g/mol. The first-order valence-electron chi connectivity index (χ1n) is 6.41. The van der Waals surface area contributed by atoms with Gasteiger partial charge in [-0.1, -0.05) is 0 Å². The summed E-state index contributed by atoms with van der Waals surface area (Å²) >= 11 is 0. The van der Waals surface area contributed by atoms with Crippen LogP contribution >= 0.6 is 0 Å². The Labute approximate surface area is 120 Å². The molecule has 1 aromatic carbocycles. The molecule has 0 unspecified atom stereocenters. The molecule has 0 saturated carbocycles. The van der Waals surface area contributed by atoms with E-state index in [1.807, 2.05) is 0 Å². The van der Waals surface area contributed by atoms with Crippen LogP contribution in [0.4, 0.5) is 13.2 Å². The standard InChI is InChI=1S/C15H16F3NO2/c1-14(2,13(20)21)8-11-7-9-6-10(15(16,17)18)4-5-12(9)19(11)3/h4-7H,8H2,1-3H3,(H,20,21). The van der Waals surface area contributed by atoms with Crippen molar-refractivity contribution in [2.45, 2.75) is 26.4 Å². The van der Waals surface area contributed by atoms with Gasteiger partial charge >= 0.3 is 12.1 Å². The minimum Gasteiger partial charge on any atom is -0.481 e. The molecule has 0 bridgehead atoms. The molecule has 114 valence electrons. The van der Waals surface area contributed by atoms with Gasteiger partial charge in [-0.05, 0) is 38.1 Å². The van der Waals surface area contributed by atoms with Crippen LogP contribution in [-0.2, 0) is 24.4 Å². The first kappa shape index (κ1) is 15.4. The fourth-order valence-corrected chi connectivity index (χ4v) is 2.28. The maximum Gasteiger partial charge on any atom is 0.416 e. The van der Waals surface area contributed by atoms with Crippen molar-refractivity contribution in [1.29, 1.82) is 0 Å². The van der Waals surface area contributed by atoms with Gasteiger partial charge in [0.25, 0.3) is 0 Å². The van der Waals surface area contributed by atoms with Crippen molar-refractivity contribution in [3.05, 3.63) is 35.5 Å². The number of carbonyl (C=O) groups is 1. The zero-order valence-corrected chi connectivity index (χ0v) is 12.0. The van der Waals surface area contributed by atoms with Gasteiger partial charge in [0.05, 0.1) is 11.0 Å². The van der Waals surface area contributed by atoms with Gasteiger partial charge in [-0.3, -0.25) is 4.79 Å². The van der Waals surface area contributed by atoms with E-state index in [9.17, 15) is 18.0 Å². The lowest BCUT2D eigenvalue weighted by atomic mass is 9.88. The third kappa shape index (κ3) is 2.89. The number of aromatic nitrogens is 1. The van der Waals surface area contributed by atoms with Crippen molar-refractivity contribution in [3.63, 3.8) is 0 Å². The molecule has 0 radical (unpaired) electrons. The molecular weight excluding hydrogens is 283 g/mol. The number of aliphatic carboxylic acids is 1.